The van der Waals surface area contributed by atoms with Crippen molar-refractivity contribution < 1.29 is 0 Å². The Morgan fingerprint density at radius 2 is 2.00 bits per heavy atom. The Labute approximate surface area is 113 Å². The number of aromatic amines is 1. The Kier molecular flexibility index (Phi) is 3.00. The lowest BCUT2D eigenvalue weighted by molar-refractivity contribution is 0.965. The summed E-state index contributed by atoms with van der Waals surface area (Å²) in [6.07, 6.45) is 3.44. The molecule has 2 aromatic heterocycles. The first-order valence-corrected chi connectivity index (χ1v) is 6.87. The van der Waals surface area contributed by atoms with Gasteiger partial charge in [-0.05, 0) is 6.26 Å². The van der Waals surface area contributed by atoms with Gasteiger partial charge in [0.05, 0.1) is 5.39 Å². The van der Waals surface area contributed by atoms with Gasteiger partial charge in [-0.25, -0.2) is 15.1 Å². The number of nitrogens with zero attached hydrogens (tertiary/aromatic N) is 3. The summed E-state index contributed by atoms with van der Waals surface area (Å²) < 4.78 is 0. The van der Waals surface area contributed by atoms with Crippen LogP contribution in [0.25, 0.3) is 22.2 Å². The molecule has 19 heavy (non-hydrogen) atoms. The Balaban J connectivity index is 2.36. The largest absolute Gasteiger partial charge is 0.275 e. The molecule has 0 amide bonds. The van der Waals surface area contributed by atoms with Crippen molar-refractivity contribution in [3.05, 3.63) is 46.9 Å². The number of fused-ring (bicyclic) bond motifs is 1. The van der Waals surface area contributed by atoms with Crippen molar-refractivity contribution in [3.63, 3.8) is 0 Å². The van der Waals surface area contributed by atoms with Gasteiger partial charge in [-0.3, -0.25) is 4.79 Å². The van der Waals surface area contributed by atoms with Crippen molar-refractivity contribution in [2.75, 3.05) is 6.26 Å². The van der Waals surface area contributed by atoms with Crippen LogP contribution in [0.5, 0.6) is 0 Å². The summed E-state index contributed by atoms with van der Waals surface area (Å²) in [4.78, 5) is 20.3. The summed E-state index contributed by atoms with van der Waals surface area (Å²) in [5.74, 6) is 0. The molecule has 6 heteroatoms. The highest BCUT2D eigenvalue weighted by atomic mass is 32.2. The average Bonchev–Trinajstić information content (AvgIpc) is 2.48. The molecule has 0 aliphatic heterocycles. The number of thioether (sulfide) groups is 1. The molecule has 0 saturated carbocycles. The molecule has 1 N–H and O–H groups in total. The third kappa shape index (κ3) is 2.10. The van der Waals surface area contributed by atoms with Crippen molar-refractivity contribution in [2.45, 2.75) is 5.16 Å². The van der Waals surface area contributed by atoms with Crippen molar-refractivity contribution in [3.8, 4) is 11.3 Å². The highest BCUT2D eigenvalue weighted by Crippen LogP contribution is 2.23. The highest BCUT2D eigenvalue weighted by Gasteiger charge is 2.11. The molecule has 5 nitrogen and oxygen atoms in total. The molecule has 0 radical (unpaired) electrons. The van der Waals surface area contributed by atoms with Gasteiger partial charge in [-0.2, -0.15) is 5.10 Å². The molecule has 0 unspecified atom stereocenters. The maximum absolute atomic E-state index is 11.8. The summed E-state index contributed by atoms with van der Waals surface area (Å²) in [6.45, 7) is 0. The second kappa shape index (κ2) is 4.81. The molecule has 0 spiro atoms. The number of rotatable bonds is 2. The van der Waals surface area contributed by atoms with Crippen LogP contribution in [0.15, 0.2) is 46.5 Å². The summed E-state index contributed by atoms with van der Waals surface area (Å²) in [7, 11) is 0. The molecule has 0 saturated heterocycles. The Morgan fingerprint density at radius 3 is 2.74 bits per heavy atom. The Hall–Kier alpha value is -2.21. The zero-order valence-electron chi connectivity index (χ0n) is 10.1. The lowest BCUT2D eigenvalue weighted by Crippen LogP contribution is -2.11. The van der Waals surface area contributed by atoms with E-state index in [1.54, 1.807) is 6.20 Å². The van der Waals surface area contributed by atoms with E-state index in [1.807, 2.05) is 36.6 Å². The molecular weight excluding hydrogens is 260 g/mol. The minimum absolute atomic E-state index is 0.276. The fraction of sp³-hybridized carbons (Fsp3) is 0.0769. The molecule has 3 aromatic rings. The fourth-order valence-electron chi connectivity index (χ4n) is 1.83. The first-order chi connectivity index (χ1) is 9.29. The average molecular weight is 270 g/mol. The van der Waals surface area contributed by atoms with E-state index in [9.17, 15) is 4.79 Å². The maximum atomic E-state index is 11.8. The second-order valence-electron chi connectivity index (χ2n) is 3.89. The quantitative estimate of drug-likeness (QED) is 0.570. The van der Waals surface area contributed by atoms with Crippen molar-refractivity contribution in [2.24, 2.45) is 0 Å². The lowest BCUT2D eigenvalue weighted by atomic mass is 10.1. The predicted molar refractivity (Wildman–Crippen MR) is 75.2 cm³/mol. The summed E-state index contributed by atoms with van der Waals surface area (Å²) in [6, 6.07) is 9.64. The molecule has 2 heterocycles. The van der Waals surface area contributed by atoms with E-state index in [4.69, 9.17) is 0 Å². The monoisotopic (exact) mass is 270 g/mol. The first-order valence-electron chi connectivity index (χ1n) is 5.64. The molecule has 94 valence electrons. The number of hydrogen-bond acceptors (Lipinski definition) is 5. The molecule has 0 atom stereocenters. The topological polar surface area (TPSA) is 71.5 Å². The molecule has 3 rings (SSSR count). The van der Waals surface area contributed by atoms with Gasteiger partial charge in [0.25, 0.3) is 5.56 Å². The first kappa shape index (κ1) is 11.9. The van der Waals surface area contributed by atoms with Crippen LogP contribution in [0.1, 0.15) is 0 Å². The summed E-state index contributed by atoms with van der Waals surface area (Å²) in [5.41, 5.74) is 1.87. The van der Waals surface area contributed by atoms with Gasteiger partial charge in [-0.15, -0.1) is 0 Å². The minimum Gasteiger partial charge on any atom is -0.267 e. The van der Waals surface area contributed by atoms with E-state index in [2.05, 4.69) is 20.2 Å². The van der Waals surface area contributed by atoms with Crippen LogP contribution in [0.3, 0.4) is 0 Å². The van der Waals surface area contributed by atoms with Crippen LogP contribution < -0.4 is 5.56 Å². The van der Waals surface area contributed by atoms with E-state index in [1.165, 1.54) is 11.8 Å². The van der Waals surface area contributed by atoms with Gasteiger partial charge in [0.1, 0.15) is 11.2 Å². The second-order valence-corrected chi connectivity index (χ2v) is 4.66. The lowest BCUT2D eigenvalue weighted by Gasteiger charge is -2.04. The van der Waals surface area contributed by atoms with Crippen molar-refractivity contribution >= 4 is 22.7 Å². The molecule has 0 aliphatic carbocycles. The maximum Gasteiger partial charge on any atom is 0.275 e. The molecular formula is C13H10N4OS. The highest BCUT2D eigenvalue weighted by molar-refractivity contribution is 7.98. The van der Waals surface area contributed by atoms with Gasteiger partial charge < -0.3 is 0 Å². The molecule has 0 bridgehead atoms. The van der Waals surface area contributed by atoms with Crippen LogP contribution in [0.4, 0.5) is 0 Å². The summed E-state index contributed by atoms with van der Waals surface area (Å²) >= 11 is 1.43. The van der Waals surface area contributed by atoms with Gasteiger partial charge in [0.15, 0.2) is 5.16 Å². The third-order valence-corrected chi connectivity index (χ3v) is 3.30. The van der Waals surface area contributed by atoms with Crippen LogP contribution in [-0.4, -0.2) is 26.4 Å². The molecule has 1 aromatic carbocycles. The van der Waals surface area contributed by atoms with E-state index in [-0.39, 0.29) is 5.56 Å². The van der Waals surface area contributed by atoms with E-state index in [0.29, 0.717) is 21.8 Å². The SMILES string of the molecule is CSc1ncc2c(=O)[nH]nc(-c3ccccc3)c2n1. The predicted octanol–water partition coefficient (Wildman–Crippen LogP) is 2.10. The van der Waals surface area contributed by atoms with Crippen molar-refractivity contribution in [1.82, 2.24) is 20.2 Å². The Bertz CT molecular complexity index is 786. The number of H-pyrrole nitrogens is 1. The Morgan fingerprint density at radius 1 is 1.21 bits per heavy atom. The fourth-order valence-corrected chi connectivity index (χ4v) is 2.17. The van der Waals surface area contributed by atoms with Gasteiger partial charge >= 0.3 is 0 Å². The number of benzene rings is 1. The minimum atomic E-state index is -0.276. The normalized spacial score (nSPS) is 10.8. The van der Waals surface area contributed by atoms with Crippen LogP contribution >= 0.6 is 11.8 Å². The smallest absolute Gasteiger partial charge is 0.267 e. The zero-order chi connectivity index (χ0) is 13.2. The van der Waals surface area contributed by atoms with E-state index in [0.717, 1.165) is 5.56 Å². The van der Waals surface area contributed by atoms with Gasteiger partial charge in [-0.1, -0.05) is 42.1 Å². The van der Waals surface area contributed by atoms with Crippen LogP contribution in [0.2, 0.25) is 0 Å². The van der Waals surface area contributed by atoms with Gasteiger partial charge in [0.2, 0.25) is 0 Å². The van der Waals surface area contributed by atoms with Gasteiger partial charge in [0, 0.05) is 11.8 Å². The van der Waals surface area contributed by atoms with Crippen LogP contribution in [0, 0.1) is 0 Å². The molecule has 0 aliphatic rings. The van der Waals surface area contributed by atoms with Crippen molar-refractivity contribution in [1.29, 1.82) is 0 Å². The molecule has 0 fully saturated rings. The van der Waals surface area contributed by atoms with E-state index >= 15 is 0 Å². The number of hydrogen-bond donors (Lipinski definition) is 1. The third-order valence-electron chi connectivity index (χ3n) is 2.73. The van der Waals surface area contributed by atoms with Crippen LogP contribution in [-0.2, 0) is 0 Å². The van der Waals surface area contributed by atoms with E-state index < -0.39 is 0 Å². The zero-order valence-corrected chi connectivity index (χ0v) is 10.9. The summed E-state index contributed by atoms with van der Waals surface area (Å²) in [5, 5.41) is 7.67. The number of aromatic nitrogens is 4. The number of nitrogens with one attached hydrogen (secondary N) is 1. The standard InChI is InChI=1S/C13H10N4OS/c1-19-13-14-7-9-11(15-13)10(16-17-12(9)18)8-5-3-2-4-6-8/h2-7H,1H3,(H,17,18).